The van der Waals surface area contributed by atoms with Gasteiger partial charge in [-0.05, 0) is 98.9 Å². The van der Waals surface area contributed by atoms with Crippen LogP contribution >= 0.6 is 12.1 Å². The van der Waals surface area contributed by atoms with E-state index in [4.69, 9.17) is 23.7 Å². The van der Waals surface area contributed by atoms with Gasteiger partial charge in [0.1, 0.15) is 23.8 Å². The average molecular weight is 922 g/mol. The third kappa shape index (κ3) is 12.2. The molecule has 2 aromatic rings. The highest BCUT2D eigenvalue weighted by molar-refractivity contribution is 7.93. The number of carbonyl (C=O) groups excluding carboxylic acids is 4. The summed E-state index contributed by atoms with van der Waals surface area (Å²) in [5.41, 5.74) is -1.18. The van der Waals surface area contributed by atoms with Crippen molar-refractivity contribution in [3.05, 3.63) is 30.6 Å². The number of esters is 1. The SMILES string of the molecule is CC[C@H]1OC(=O)[C@H](C)C(=O)[C@H](C)[C@@H](O[C@@H]2O[C@H](C)CC(N(C)C)C2O)[C@](C)(OC)C[C@@H](C)CN(C(C)=O)[C@H](C)[C@H]2N(CCCCn3cc(-c4ccccn4)nn3)C(=O)O[C@]12C.CSF. The van der Waals surface area contributed by atoms with E-state index in [0.29, 0.717) is 44.5 Å². The van der Waals surface area contributed by atoms with Gasteiger partial charge in [0.15, 0.2) is 17.7 Å². The Balaban J connectivity index is 0.00000291. The Morgan fingerprint density at radius 2 is 1.75 bits per heavy atom. The normalized spacial score (nSPS) is 34.2. The minimum absolute atomic E-state index is 0.211. The Labute approximate surface area is 382 Å². The number of hydrogen-bond acceptors (Lipinski definition) is 15. The van der Waals surface area contributed by atoms with Crippen molar-refractivity contribution in [2.45, 2.75) is 161 Å². The van der Waals surface area contributed by atoms with Gasteiger partial charge < -0.3 is 38.6 Å². The van der Waals surface area contributed by atoms with E-state index in [2.05, 4.69) is 15.3 Å². The molecule has 17 nitrogen and oxygen atoms in total. The van der Waals surface area contributed by atoms with Crippen LogP contribution in [0.25, 0.3) is 11.4 Å². The molecular weight excluding hydrogens is 850 g/mol. The summed E-state index contributed by atoms with van der Waals surface area (Å²) in [6, 6.07) is 4.00. The maximum Gasteiger partial charge on any atom is 0.410 e. The van der Waals surface area contributed by atoms with Crippen LogP contribution in [0.4, 0.5) is 8.68 Å². The number of halogens is 1. The molecule has 3 aliphatic heterocycles. The standard InChI is InChI=1S/C44H69N7O10.CH3FS/c1-13-35-44(9)38(50(42(56)61-44)21-17-16-20-49-25-33(46-47-49)32-18-14-15-19-45-32)30(6)51(31(7)52)24-26(2)23-43(8,57-12)39(28(4)36(53)29(5)40(55)59-35)60-41-37(54)34(48(10)11)22-27(3)58-41;1-3-2/h14-15,18-19,25-30,34-35,37-39,41,54H,13,16-17,20-24H2,1-12H3;1H3/t26-,27-,28+,29-,30-,34?,35-,37?,38-,39-,41+,43-,44-;/m1./s1. The van der Waals surface area contributed by atoms with Crippen LogP contribution in [0.5, 0.6) is 0 Å². The third-order valence-electron chi connectivity index (χ3n) is 13.2. The Morgan fingerprint density at radius 3 is 2.34 bits per heavy atom. The highest BCUT2D eigenvalue weighted by Crippen LogP contribution is 2.41. The lowest BCUT2D eigenvalue weighted by Crippen LogP contribution is -2.62. The van der Waals surface area contributed by atoms with Gasteiger partial charge in [-0.1, -0.05) is 32.1 Å². The van der Waals surface area contributed by atoms with E-state index >= 15 is 0 Å². The first-order chi connectivity index (χ1) is 30.2. The van der Waals surface area contributed by atoms with Crippen LogP contribution in [-0.2, 0) is 44.6 Å². The van der Waals surface area contributed by atoms with Gasteiger partial charge in [-0.25, -0.2) is 4.79 Å². The van der Waals surface area contributed by atoms with Crippen molar-refractivity contribution >= 4 is 35.9 Å². The number of aliphatic hydroxyl groups is 1. The number of aryl methyl sites for hydroxylation is 1. The van der Waals surface area contributed by atoms with E-state index in [-0.39, 0.29) is 49.1 Å². The van der Waals surface area contributed by atoms with Crippen LogP contribution in [0.1, 0.15) is 94.4 Å². The molecule has 64 heavy (non-hydrogen) atoms. The van der Waals surface area contributed by atoms with Crippen LogP contribution in [0, 0.1) is 17.8 Å². The number of ketones is 1. The number of fused-ring (bicyclic) bond motifs is 1. The average Bonchev–Trinajstić information content (AvgIpc) is 3.83. The van der Waals surface area contributed by atoms with Crippen molar-refractivity contribution in [2.24, 2.45) is 17.8 Å². The molecular formula is C45H72FN7O10S. The van der Waals surface area contributed by atoms with Gasteiger partial charge in [0.05, 0.1) is 41.8 Å². The van der Waals surface area contributed by atoms with Crippen LogP contribution < -0.4 is 0 Å². The number of carbonyl (C=O) groups is 4. The van der Waals surface area contributed by atoms with E-state index < -0.39 is 77.6 Å². The molecule has 1 N–H and O–H groups in total. The monoisotopic (exact) mass is 922 g/mol. The van der Waals surface area contributed by atoms with Crippen LogP contribution in [0.3, 0.4) is 0 Å². The predicted octanol–water partition coefficient (Wildman–Crippen LogP) is 5.59. The molecule has 3 saturated heterocycles. The highest BCUT2D eigenvalue weighted by atomic mass is 32.2. The lowest BCUT2D eigenvalue weighted by molar-refractivity contribution is -0.295. The van der Waals surface area contributed by atoms with Crippen LogP contribution in [-0.4, -0.2) is 164 Å². The fourth-order valence-electron chi connectivity index (χ4n) is 9.81. The molecule has 19 heteroatoms. The number of methoxy groups -OCH3 is 1. The second-order valence-corrected chi connectivity index (χ2v) is 18.6. The molecule has 360 valence electrons. The summed E-state index contributed by atoms with van der Waals surface area (Å²) in [6.45, 7) is 17.0. The number of amides is 2. The topological polar surface area (TPSA) is 188 Å². The smallest absolute Gasteiger partial charge is 0.410 e. The maximum atomic E-state index is 14.5. The first-order valence-corrected chi connectivity index (χ1v) is 23.5. The number of likely N-dealkylation sites (N-methyl/N-ethyl adjacent to an activating group) is 1. The first-order valence-electron chi connectivity index (χ1n) is 22.4. The van der Waals surface area contributed by atoms with Gasteiger partial charge in [-0.2, -0.15) is 3.89 Å². The Hall–Kier alpha value is -3.75. The minimum Gasteiger partial charge on any atom is -0.458 e. The summed E-state index contributed by atoms with van der Waals surface area (Å²) in [4.78, 5) is 66.0. The van der Waals surface area contributed by atoms with Gasteiger partial charge in [-0.15, -0.1) is 5.10 Å². The van der Waals surface area contributed by atoms with Gasteiger partial charge in [0.25, 0.3) is 0 Å². The number of Topliss-reactive ketones (excluding diaryl/α,β-unsaturated/α-hetero) is 1. The summed E-state index contributed by atoms with van der Waals surface area (Å²) < 4.78 is 43.5. The lowest BCUT2D eigenvalue weighted by Gasteiger charge is -2.47. The number of pyridine rings is 1. The number of unbranched alkanes of at least 4 members (excludes halogenated alkanes) is 1. The van der Waals surface area contributed by atoms with E-state index in [1.54, 1.807) is 41.6 Å². The third-order valence-corrected chi connectivity index (χ3v) is 13.2. The molecule has 2 unspecified atom stereocenters. The molecule has 3 fully saturated rings. The molecule has 0 spiro atoms. The summed E-state index contributed by atoms with van der Waals surface area (Å²) in [5, 5.41) is 20.0. The number of aromatic nitrogens is 4. The first kappa shape index (κ1) is 52.9. The molecule has 2 aromatic heterocycles. The zero-order valence-corrected chi connectivity index (χ0v) is 40.7. The summed E-state index contributed by atoms with van der Waals surface area (Å²) >= 11 is 0.250. The van der Waals surface area contributed by atoms with Crippen molar-refractivity contribution < 1.29 is 51.9 Å². The molecule has 0 aromatic carbocycles. The Morgan fingerprint density at radius 1 is 1.08 bits per heavy atom. The van der Waals surface area contributed by atoms with Crippen LogP contribution in [0.2, 0.25) is 0 Å². The molecule has 0 aliphatic carbocycles. The van der Waals surface area contributed by atoms with Crippen molar-refractivity contribution in [1.82, 2.24) is 34.7 Å². The number of hydrogen-bond donors (Lipinski definition) is 1. The highest BCUT2D eigenvalue weighted by Gasteiger charge is 2.60. The van der Waals surface area contributed by atoms with E-state index in [0.717, 1.165) is 5.69 Å². The number of aliphatic hydroxyl groups excluding tert-OH is 1. The van der Waals surface area contributed by atoms with Gasteiger partial charge in [0, 0.05) is 70.2 Å². The quantitative estimate of drug-likeness (QED) is 0.167. The second kappa shape index (κ2) is 23.1. The fourth-order valence-corrected chi connectivity index (χ4v) is 9.81. The van der Waals surface area contributed by atoms with Crippen molar-refractivity contribution in [1.29, 1.82) is 0 Å². The molecule has 0 radical (unpaired) electrons. The number of ether oxygens (including phenoxy) is 5. The maximum absolute atomic E-state index is 14.5. The number of nitrogens with zero attached hydrogens (tertiary/aromatic N) is 7. The second-order valence-electron chi connectivity index (χ2n) is 18.2. The van der Waals surface area contributed by atoms with Crippen molar-refractivity contribution in [2.75, 3.05) is 40.6 Å². The van der Waals surface area contributed by atoms with Crippen molar-refractivity contribution in [3.8, 4) is 11.4 Å². The van der Waals surface area contributed by atoms with E-state index in [1.165, 1.54) is 20.1 Å². The number of rotatable bonds is 11. The molecule has 5 rings (SSSR count). The van der Waals surface area contributed by atoms with E-state index in [9.17, 15) is 28.2 Å². The lowest BCUT2D eigenvalue weighted by atomic mass is 9.78. The minimum atomic E-state index is -1.39. The van der Waals surface area contributed by atoms with Crippen LogP contribution in [0.15, 0.2) is 30.6 Å². The number of cyclic esters (lactones) is 1. The van der Waals surface area contributed by atoms with E-state index in [1.807, 2.05) is 78.0 Å². The molecule has 3 aliphatic rings. The molecule has 2 amide bonds. The zero-order valence-electron chi connectivity index (χ0n) is 39.9. The molecule has 5 heterocycles. The predicted molar refractivity (Wildman–Crippen MR) is 239 cm³/mol. The molecule has 13 atom stereocenters. The summed E-state index contributed by atoms with van der Waals surface area (Å²) in [7, 11) is 5.31. The summed E-state index contributed by atoms with van der Waals surface area (Å²) in [5.74, 6) is -3.82. The van der Waals surface area contributed by atoms with Gasteiger partial charge in [-0.3, -0.25) is 28.9 Å². The van der Waals surface area contributed by atoms with Gasteiger partial charge in [0.2, 0.25) is 5.91 Å². The Kier molecular flexibility index (Phi) is 19.1. The summed E-state index contributed by atoms with van der Waals surface area (Å²) in [6.07, 6.45) is 2.39. The molecule has 0 bridgehead atoms. The zero-order chi connectivity index (χ0) is 47.7. The molecule has 0 saturated carbocycles. The Bertz CT molecular complexity index is 1850. The fraction of sp³-hybridized carbons (Fsp3) is 0.756. The van der Waals surface area contributed by atoms with Gasteiger partial charge >= 0.3 is 12.1 Å². The van der Waals surface area contributed by atoms with Crippen molar-refractivity contribution in [3.63, 3.8) is 0 Å². The largest absolute Gasteiger partial charge is 0.458 e.